The molecule has 0 bridgehead atoms. The molecule has 0 aliphatic rings. The molecule has 0 amide bonds. The van der Waals surface area contributed by atoms with E-state index in [1.165, 1.54) is 5.56 Å². The normalized spacial score (nSPS) is 10.3. The number of nitrogens with zero attached hydrogens (tertiary/aromatic N) is 2. The summed E-state index contributed by atoms with van der Waals surface area (Å²) in [6.07, 6.45) is 4.22. The Labute approximate surface area is 114 Å². The zero-order valence-electron chi connectivity index (χ0n) is 11.0. The summed E-state index contributed by atoms with van der Waals surface area (Å²) in [5.74, 6) is 0. The van der Waals surface area contributed by atoms with Crippen molar-refractivity contribution in [1.29, 1.82) is 5.26 Å². The average molecular weight is 248 g/mol. The molecular formula is C17H16N2. The molecular weight excluding hydrogens is 232 g/mol. The van der Waals surface area contributed by atoms with Gasteiger partial charge in [0.25, 0.3) is 0 Å². The highest BCUT2D eigenvalue weighted by molar-refractivity contribution is 5.53. The summed E-state index contributed by atoms with van der Waals surface area (Å²) in [5, 5.41) is 8.89. The van der Waals surface area contributed by atoms with Crippen molar-refractivity contribution in [3.05, 3.63) is 71.8 Å². The zero-order chi connectivity index (χ0) is 13.5. The van der Waals surface area contributed by atoms with E-state index in [9.17, 15) is 0 Å². The molecule has 0 saturated carbocycles. The molecule has 0 radical (unpaired) electrons. The SMILES string of the molecule is CN(CC=Cc1ccccc1)c1cccc(C#N)c1. The predicted octanol–water partition coefficient (Wildman–Crippen LogP) is 3.71. The topological polar surface area (TPSA) is 27.0 Å². The molecule has 2 heteroatoms. The number of rotatable bonds is 4. The Balaban J connectivity index is 1.99. The molecule has 94 valence electrons. The van der Waals surface area contributed by atoms with E-state index in [0.717, 1.165) is 12.2 Å². The van der Waals surface area contributed by atoms with E-state index in [4.69, 9.17) is 5.26 Å². The smallest absolute Gasteiger partial charge is 0.0992 e. The van der Waals surface area contributed by atoms with Crippen molar-refractivity contribution >= 4 is 11.8 Å². The molecule has 0 heterocycles. The van der Waals surface area contributed by atoms with Gasteiger partial charge in [0, 0.05) is 19.3 Å². The van der Waals surface area contributed by atoms with E-state index < -0.39 is 0 Å². The molecule has 0 aromatic heterocycles. The lowest BCUT2D eigenvalue weighted by Gasteiger charge is -2.17. The summed E-state index contributed by atoms with van der Waals surface area (Å²) in [5.41, 5.74) is 2.94. The molecule has 0 aliphatic carbocycles. The first-order chi connectivity index (χ1) is 9.29. The fourth-order valence-corrected chi connectivity index (χ4v) is 1.83. The Bertz CT molecular complexity index is 594. The number of nitriles is 1. The van der Waals surface area contributed by atoms with Gasteiger partial charge in [0.05, 0.1) is 11.6 Å². The Hall–Kier alpha value is -2.53. The summed E-state index contributed by atoms with van der Waals surface area (Å²) >= 11 is 0. The summed E-state index contributed by atoms with van der Waals surface area (Å²) in [6, 6.07) is 20.0. The molecule has 0 aliphatic heterocycles. The summed E-state index contributed by atoms with van der Waals surface area (Å²) < 4.78 is 0. The van der Waals surface area contributed by atoms with Crippen molar-refractivity contribution in [2.75, 3.05) is 18.5 Å². The second-order valence-corrected chi connectivity index (χ2v) is 4.36. The van der Waals surface area contributed by atoms with Crippen LogP contribution in [-0.2, 0) is 0 Å². The lowest BCUT2D eigenvalue weighted by atomic mass is 10.2. The van der Waals surface area contributed by atoms with Crippen molar-refractivity contribution in [2.45, 2.75) is 0 Å². The van der Waals surface area contributed by atoms with Gasteiger partial charge in [0.2, 0.25) is 0 Å². The van der Waals surface area contributed by atoms with Gasteiger partial charge in [-0.25, -0.2) is 0 Å². The Morgan fingerprint density at radius 1 is 1.11 bits per heavy atom. The van der Waals surface area contributed by atoms with Crippen molar-refractivity contribution < 1.29 is 0 Å². The highest BCUT2D eigenvalue weighted by Crippen LogP contribution is 2.14. The maximum atomic E-state index is 8.89. The third-order valence-electron chi connectivity index (χ3n) is 2.91. The van der Waals surface area contributed by atoms with E-state index in [2.05, 4.69) is 35.3 Å². The molecule has 2 aromatic carbocycles. The highest BCUT2D eigenvalue weighted by Gasteiger charge is 1.99. The van der Waals surface area contributed by atoms with Gasteiger partial charge in [0.1, 0.15) is 0 Å². The monoisotopic (exact) mass is 248 g/mol. The number of anilines is 1. The van der Waals surface area contributed by atoms with Crippen molar-refractivity contribution in [2.24, 2.45) is 0 Å². The molecule has 0 atom stereocenters. The zero-order valence-corrected chi connectivity index (χ0v) is 11.0. The molecule has 0 fully saturated rings. The van der Waals surface area contributed by atoms with Gasteiger partial charge in [-0.3, -0.25) is 0 Å². The van der Waals surface area contributed by atoms with Gasteiger partial charge in [-0.05, 0) is 23.8 Å². The fraction of sp³-hybridized carbons (Fsp3) is 0.118. The average Bonchev–Trinajstić information content (AvgIpc) is 2.48. The third kappa shape index (κ3) is 3.72. The van der Waals surface area contributed by atoms with Crippen LogP contribution in [0.5, 0.6) is 0 Å². The van der Waals surface area contributed by atoms with Crippen LogP contribution in [0.2, 0.25) is 0 Å². The first kappa shape index (κ1) is 12.9. The molecule has 0 N–H and O–H groups in total. The number of hydrogen-bond acceptors (Lipinski definition) is 2. The molecule has 0 saturated heterocycles. The van der Waals surface area contributed by atoms with Gasteiger partial charge in [0.15, 0.2) is 0 Å². The molecule has 2 rings (SSSR count). The van der Waals surface area contributed by atoms with Crippen molar-refractivity contribution in [3.63, 3.8) is 0 Å². The molecule has 2 aromatic rings. The molecule has 19 heavy (non-hydrogen) atoms. The van der Waals surface area contributed by atoms with Crippen LogP contribution in [0.3, 0.4) is 0 Å². The standard InChI is InChI=1S/C17H16N2/c1-19(17-11-5-9-16(13-17)14-18)12-6-10-15-7-3-2-4-8-15/h2-11,13H,12H2,1H3. The van der Waals surface area contributed by atoms with E-state index in [0.29, 0.717) is 5.56 Å². The first-order valence-corrected chi connectivity index (χ1v) is 6.22. The van der Waals surface area contributed by atoms with Crippen LogP contribution in [0, 0.1) is 11.3 Å². The van der Waals surface area contributed by atoms with Crippen LogP contribution < -0.4 is 4.90 Å². The predicted molar refractivity (Wildman–Crippen MR) is 79.9 cm³/mol. The minimum absolute atomic E-state index is 0.691. The summed E-state index contributed by atoms with van der Waals surface area (Å²) in [4.78, 5) is 2.11. The third-order valence-corrected chi connectivity index (χ3v) is 2.91. The maximum Gasteiger partial charge on any atom is 0.0992 e. The number of likely N-dealkylation sites (N-methyl/N-ethyl adjacent to an activating group) is 1. The second-order valence-electron chi connectivity index (χ2n) is 4.36. The van der Waals surface area contributed by atoms with E-state index >= 15 is 0 Å². The molecule has 0 unspecified atom stereocenters. The minimum atomic E-state index is 0.691. The largest absolute Gasteiger partial charge is 0.371 e. The molecule has 2 nitrogen and oxygen atoms in total. The Kier molecular flexibility index (Phi) is 4.36. The fourth-order valence-electron chi connectivity index (χ4n) is 1.83. The second kappa shape index (κ2) is 6.42. The maximum absolute atomic E-state index is 8.89. The minimum Gasteiger partial charge on any atom is -0.371 e. The number of hydrogen-bond donors (Lipinski definition) is 0. The Morgan fingerprint density at radius 3 is 2.63 bits per heavy atom. The van der Waals surface area contributed by atoms with Crippen molar-refractivity contribution in [1.82, 2.24) is 0 Å². The van der Waals surface area contributed by atoms with Gasteiger partial charge >= 0.3 is 0 Å². The first-order valence-electron chi connectivity index (χ1n) is 6.22. The van der Waals surface area contributed by atoms with E-state index in [1.54, 1.807) is 0 Å². The van der Waals surface area contributed by atoms with Crippen LogP contribution in [-0.4, -0.2) is 13.6 Å². The van der Waals surface area contributed by atoms with Crippen LogP contribution >= 0.6 is 0 Å². The van der Waals surface area contributed by atoms with E-state index in [-0.39, 0.29) is 0 Å². The summed E-state index contributed by atoms with van der Waals surface area (Å²) in [6.45, 7) is 0.809. The van der Waals surface area contributed by atoms with Crippen LogP contribution in [0.4, 0.5) is 5.69 Å². The lowest BCUT2D eigenvalue weighted by molar-refractivity contribution is 1.03. The van der Waals surface area contributed by atoms with Gasteiger partial charge < -0.3 is 4.90 Å². The van der Waals surface area contributed by atoms with Gasteiger partial charge in [-0.15, -0.1) is 0 Å². The van der Waals surface area contributed by atoms with Crippen LogP contribution in [0.25, 0.3) is 6.08 Å². The van der Waals surface area contributed by atoms with Gasteiger partial charge in [-0.1, -0.05) is 48.6 Å². The van der Waals surface area contributed by atoms with Gasteiger partial charge in [-0.2, -0.15) is 5.26 Å². The van der Waals surface area contributed by atoms with E-state index in [1.807, 2.05) is 49.5 Å². The van der Waals surface area contributed by atoms with Crippen molar-refractivity contribution in [3.8, 4) is 6.07 Å². The highest BCUT2D eigenvalue weighted by atomic mass is 15.1. The quantitative estimate of drug-likeness (QED) is 0.824. The molecule has 0 spiro atoms. The number of benzene rings is 2. The summed E-state index contributed by atoms with van der Waals surface area (Å²) in [7, 11) is 2.02. The van der Waals surface area contributed by atoms with Crippen LogP contribution in [0.1, 0.15) is 11.1 Å². The Morgan fingerprint density at radius 2 is 1.89 bits per heavy atom. The van der Waals surface area contributed by atoms with Crippen LogP contribution in [0.15, 0.2) is 60.7 Å². The lowest BCUT2D eigenvalue weighted by Crippen LogP contribution is -2.16.